The average Bonchev–Trinajstić information content (AvgIpc) is 2.46. The van der Waals surface area contributed by atoms with Gasteiger partial charge in [0.05, 0.1) is 5.75 Å². The lowest BCUT2D eigenvalue weighted by Gasteiger charge is -2.16. The molecule has 0 aliphatic heterocycles. The zero-order valence-electron chi connectivity index (χ0n) is 14.9. The van der Waals surface area contributed by atoms with Crippen LogP contribution in [0.3, 0.4) is 0 Å². The molecule has 2 amide bonds. The number of carbonyl (C=O) groups is 1. The SMILES string of the molecule is CCCS(=O)(=O)Nc1ccc(NC(=O)NC(C)CCC(C)C)cc1. The standard InChI is InChI=1S/C17H29N3O3S/c1-5-12-24(22,23)20-16-10-8-15(9-11-16)19-17(21)18-14(4)7-6-13(2)3/h8-11,13-14,20H,5-7,12H2,1-4H3,(H2,18,19,21). The second-order valence-electron chi connectivity index (χ2n) is 6.47. The van der Waals surface area contributed by atoms with Gasteiger partial charge in [-0.15, -0.1) is 0 Å². The highest BCUT2D eigenvalue weighted by Gasteiger charge is 2.10. The maximum Gasteiger partial charge on any atom is 0.319 e. The quantitative estimate of drug-likeness (QED) is 0.630. The van der Waals surface area contributed by atoms with Crippen molar-refractivity contribution in [1.82, 2.24) is 5.32 Å². The molecule has 1 rings (SSSR count). The Kier molecular flexibility index (Phi) is 8.04. The van der Waals surface area contributed by atoms with Crippen LogP contribution in [-0.4, -0.2) is 26.2 Å². The van der Waals surface area contributed by atoms with Gasteiger partial charge in [-0.1, -0.05) is 20.8 Å². The van der Waals surface area contributed by atoms with Crippen molar-refractivity contribution in [2.45, 2.75) is 53.0 Å². The Morgan fingerprint density at radius 2 is 1.62 bits per heavy atom. The fourth-order valence-electron chi connectivity index (χ4n) is 2.17. The molecule has 0 aliphatic rings. The van der Waals surface area contributed by atoms with E-state index in [4.69, 9.17) is 0 Å². The number of hydrogen-bond donors (Lipinski definition) is 3. The van der Waals surface area contributed by atoms with E-state index in [1.54, 1.807) is 24.3 Å². The molecule has 0 heterocycles. The summed E-state index contributed by atoms with van der Waals surface area (Å²) in [6.45, 7) is 8.10. The smallest absolute Gasteiger partial charge is 0.319 e. The predicted molar refractivity (Wildman–Crippen MR) is 99.8 cm³/mol. The molecule has 0 radical (unpaired) electrons. The first kappa shape index (κ1) is 20.3. The molecule has 0 saturated carbocycles. The first-order valence-electron chi connectivity index (χ1n) is 8.40. The summed E-state index contributed by atoms with van der Waals surface area (Å²) in [6, 6.07) is 6.44. The molecule has 136 valence electrons. The summed E-state index contributed by atoms with van der Waals surface area (Å²) in [5.41, 5.74) is 1.10. The van der Waals surface area contributed by atoms with Gasteiger partial charge in [0.2, 0.25) is 10.0 Å². The highest BCUT2D eigenvalue weighted by atomic mass is 32.2. The van der Waals surface area contributed by atoms with Crippen LogP contribution >= 0.6 is 0 Å². The van der Waals surface area contributed by atoms with Crippen LogP contribution in [0.5, 0.6) is 0 Å². The number of anilines is 2. The number of benzene rings is 1. The Bertz CT molecular complexity index is 612. The maximum atomic E-state index is 11.9. The van der Waals surface area contributed by atoms with E-state index in [2.05, 4.69) is 29.2 Å². The lowest BCUT2D eigenvalue weighted by atomic mass is 10.0. The summed E-state index contributed by atoms with van der Waals surface area (Å²) in [5, 5.41) is 5.64. The zero-order chi connectivity index (χ0) is 18.2. The minimum atomic E-state index is -3.30. The van der Waals surface area contributed by atoms with E-state index >= 15 is 0 Å². The second-order valence-corrected chi connectivity index (χ2v) is 8.31. The number of urea groups is 1. The number of amides is 2. The van der Waals surface area contributed by atoms with Gasteiger partial charge in [-0.05, 0) is 56.4 Å². The fraction of sp³-hybridized carbons (Fsp3) is 0.588. The molecule has 0 fully saturated rings. The topological polar surface area (TPSA) is 87.3 Å². The number of hydrogen-bond acceptors (Lipinski definition) is 3. The van der Waals surface area contributed by atoms with Gasteiger partial charge in [-0.3, -0.25) is 4.72 Å². The molecule has 0 saturated heterocycles. The molecular weight excluding hydrogens is 326 g/mol. The van der Waals surface area contributed by atoms with Crippen molar-refractivity contribution >= 4 is 27.4 Å². The van der Waals surface area contributed by atoms with Gasteiger partial charge in [0.25, 0.3) is 0 Å². The zero-order valence-corrected chi connectivity index (χ0v) is 15.7. The van der Waals surface area contributed by atoms with Crippen LogP contribution in [0, 0.1) is 5.92 Å². The summed E-state index contributed by atoms with van der Waals surface area (Å²) < 4.78 is 25.9. The van der Waals surface area contributed by atoms with Crippen molar-refractivity contribution in [3.8, 4) is 0 Å². The van der Waals surface area contributed by atoms with Crippen molar-refractivity contribution < 1.29 is 13.2 Å². The second kappa shape index (κ2) is 9.52. The Balaban J connectivity index is 2.50. The van der Waals surface area contributed by atoms with E-state index in [1.165, 1.54) is 0 Å². The van der Waals surface area contributed by atoms with E-state index in [9.17, 15) is 13.2 Å². The number of nitrogens with one attached hydrogen (secondary N) is 3. The van der Waals surface area contributed by atoms with Gasteiger partial charge in [0.15, 0.2) is 0 Å². The molecular formula is C17H29N3O3S. The van der Waals surface area contributed by atoms with Crippen LogP contribution in [0.15, 0.2) is 24.3 Å². The van der Waals surface area contributed by atoms with Gasteiger partial charge >= 0.3 is 6.03 Å². The number of rotatable bonds is 9. The van der Waals surface area contributed by atoms with Crippen LogP contribution in [0.25, 0.3) is 0 Å². The van der Waals surface area contributed by atoms with Crippen LogP contribution in [0.2, 0.25) is 0 Å². The van der Waals surface area contributed by atoms with Crippen molar-refractivity contribution in [1.29, 1.82) is 0 Å². The third-order valence-corrected chi connectivity index (χ3v) is 4.94. The van der Waals surface area contributed by atoms with Crippen molar-refractivity contribution in [3.05, 3.63) is 24.3 Å². The van der Waals surface area contributed by atoms with Crippen LogP contribution < -0.4 is 15.4 Å². The van der Waals surface area contributed by atoms with Gasteiger partial charge in [-0.2, -0.15) is 0 Å². The van der Waals surface area contributed by atoms with E-state index < -0.39 is 10.0 Å². The third kappa shape index (κ3) is 8.19. The fourth-order valence-corrected chi connectivity index (χ4v) is 3.30. The molecule has 1 atom stereocenters. The van der Waals surface area contributed by atoms with Crippen molar-refractivity contribution in [2.24, 2.45) is 5.92 Å². The first-order valence-corrected chi connectivity index (χ1v) is 10.0. The summed E-state index contributed by atoms with van der Waals surface area (Å²) in [7, 11) is -3.30. The first-order chi connectivity index (χ1) is 11.2. The lowest BCUT2D eigenvalue weighted by Crippen LogP contribution is -2.36. The monoisotopic (exact) mass is 355 g/mol. The van der Waals surface area contributed by atoms with E-state index in [0.717, 1.165) is 12.8 Å². The molecule has 0 bridgehead atoms. The molecule has 3 N–H and O–H groups in total. The van der Waals surface area contributed by atoms with E-state index in [0.29, 0.717) is 23.7 Å². The Morgan fingerprint density at radius 3 is 2.17 bits per heavy atom. The van der Waals surface area contributed by atoms with Gasteiger partial charge in [0, 0.05) is 17.4 Å². The summed E-state index contributed by atoms with van der Waals surface area (Å²) >= 11 is 0. The third-order valence-electron chi connectivity index (χ3n) is 3.44. The molecule has 1 aromatic carbocycles. The van der Waals surface area contributed by atoms with Crippen LogP contribution in [0.4, 0.5) is 16.2 Å². The maximum absolute atomic E-state index is 11.9. The highest BCUT2D eigenvalue weighted by Crippen LogP contribution is 2.15. The predicted octanol–water partition coefficient (Wildman–Crippen LogP) is 3.78. The molecule has 0 spiro atoms. The summed E-state index contributed by atoms with van der Waals surface area (Å²) in [6.07, 6.45) is 2.56. The van der Waals surface area contributed by atoms with Crippen molar-refractivity contribution in [2.75, 3.05) is 15.8 Å². The molecule has 1 aromatic rings. The summed E-state index contributed by atoms with van der Waals surface area (Å²) in [4.78, 5) is 11.9. The van der Waals surface area contributed by atoms with E-state index in [1.807, 2.05) is 13.8 Å². The van der Waals surface area contributed by atoms with Crippen LogP contribution in [0.1, 0.15) is 47.0 Å². The van der Waals surface area contributed by atoms with Gasteiger partial charge in [0.1, 0.15) is 0 Å². The molecule has 0 aromatic heterocycles. The summed E-state index contributed by atoms with van der Waals surface area (Å²) in [5.74, 6) is 0.699. The molecule has 6 nitrogen and oxygen atoms in total. The normalized spacial score (nSPS) is 12.7. The van der Waals surface area contributed by atoms with Gasteiger partial charge < -0.3 is 10.6 Å². The highest BCUT2D eigenvalue weighted by molar-refractivity contribution is 7.92. The lowest BCUT2D eigenvalue weighted by molar-refractivity contribution is 0.248. The van der Waals surface area contributed by atoms with Gasteiger partial charge in [-0.25, -0.2) is 13.2 Å². The Morgan fingerprint density at radius 1 is 1.04 bits per heavy atom. The Hall–Kier alpha value is -1.76. The molecule has 24 heavy (non-hydrogen) atoms. The minimum Gasteiger partial charge on any atom is -0.335 e. The largest absolute Gasteiger partial charge is 0.335 e. The molecule has 0 aliphatic carbocycles. The minimum absolute atomic E-state index is 0.0870. The van der Waals surface area contributed by atoms with Crippen LogP contribution in [-0.2, 0) is 10.0 Å². The Labute approximate surface area is 145 Å². The number of carbonyl (C=O) groups excluding carboxylic acids is 1. The van der Waals surface area contributed by atoms with E-state index in [-0.39, 0.29) is 17.8 Å². The number of sulfonamides is 1. The molecule has 7 heteroatoms. The van der Waals surface area contributed by atoms with Crippen molar-refractivity contribution in [3.63, 3.8) is 0 Å². The average molecular weight is 356 g/mol. The molecule has 1 unspecified atom stereocenters.